The van der Waals surface area contributed by atoms with E-state index in [0.29, 0.717) is 11.6 Å². The summed E-state index contributed by atoms with van der Waals surface area (Å²) in [5, 5.41) is 10.7. The van der Waals surface area contributed by atoms with E-state index in [1.807, 2.05) is 30.5 Å². The number of urea groups is 1. The van der Waals surface area contributed by atoms with Crippen molar-refractivity contribution in [3.05, 3.63) is 36.3 Å². The maximum atomic E-state index is 12.2. The minimum Gasteiger partial charge on any atom is -0.360 e. The third kappa shape index (κ3) is 2.15. The number of hydrogen-bond donors (Lipinski definition) is 3. The van der Waals surface area contributed by atoms with Crippen LogP contribution in [0.2, 0.25) is 0 Å². The number of fused-ring (bicyclic) bond motifs is 1. The largest absolute Gasteiger partial charge is 0.360 e. The van der Waals surface area contributed by atoms with E-state index in [4.69, 9.17) is 0 Å². The number of benzene rings is 1. The second-order valence-electron chi connectivity index (χ2n) is 6.30. The van der Waals surface area contributed by atoms with Gasteiger partial charge in [-0.1, -0.05) is 18.2 Å². The number of carbonyl (C=O) groups excluding carboxylic acids is 2. The quantitative estimate of drug-likeness (QED) is 0.638. The highest BCUT2D eigenvalue weighted by molar-refractivity contribution is 6.06. The van der Waals surface area contributed by atoms with E-state index in [1.165, 1.54) is 0 Å². The Morgan fingerprint density at radius 1 is 1.21 bits per heavy atom. The lowest BCUT2D eigenvalue weighted by Gasteiger charge is -2.14. The van der Waals surface area contributed by atoms with Gasteiger partial charge in [0.15, 0.2) is 5.82 Å². The second kappa shape index (κ2) is 4.92. The van der Waals surface area contributed by atoms with E-state index in [2.05, 4.69) is 25.5 Å². The Bertz CT molecular complexity index is 954. The average molecular weight is 324 g/mol. The summed E-state index contributed by atoms with van der Waals surface area (Å²) >= 11 is 0. The summed E-state index contributed by atoms with van der Waals surface area (Å²) in [6.07, 6.45) is 1.84. The standard InChI is InChI=1S/C16H16N6O2/c1-16(2)14(23)22(15(24)19-16)8-12-18-13(21-20-12)10-7-17-11-6-4-3-5-9(10)11/h3-7,17H,8H2,1-2H3,(H,19,24)(H,18,20,21). The molecule has 0 spiro atoms. The van der Waals surface area contributed by atoms with Gasteiger partial charge in [0.1, 0.15) is 11.4 Å². The van der Waals surface area contributed by atoms with Crippen molar-refractivity contribution in [3.63, 3.8) is 0 Å². The first-order valence-electron chi connectivity index (χ1n) is 7.57. The molecule has 1 aromatic carbocycles. The average Bonchev–Trinajstić information content (AvgIpc) is 3.21. The van der Waals surface area contributed by atoms with Crippen LogP contribution in [0.15, 0.2) is 30.5 Å². The van der Waals surface area contributed by atoms with Crippen molar-refractivity contribution in [2.75, 3.05) is 0 Å². The fraction of sp³-hybridized carbons (Fsp3) is 0.250. The van der Waals surface area contributed by atoms with E-state index in [0.717, 1.165) is 21.4 Å². The van der Waals surface area contributed by atoms with Gasteiger partial charge in [-0.15, -0.1) is 0 Å². The number of nitrogens with one attached hydrogen (secondary N) is 3. The lowest BCUT2D eigenvalue weighted by molar-refractivity contribution is -0.130. The molecule has 3 amide bonds. The zero-order chi connectivity index (χ0) is 16.9. The Morgan fingerprint density at radius 2 is 2.00 bits per heavy atom. The number of hydrogen-bond acceptors (Lipinski definition) is 4. The molecule has 0 bridgehead atoms. The maximum Gasteiger partial charge on any atom is 0.325 e. The second-order valence-corrected chi connectivity index (χ2v) is 6.30. The SMILES string of the molecule is CC1(C)NC(=O)N(Cc2nc(-c3c[nH]c4ccccc34)n[nH]2)C1=O. The third-order valence-electron chi connectivity index (χ3n) is 4.11. The summed E-state index contributed by atoms with van der Waals surface area (Å²) in [5.41, 5.74) is 0.969. The number of carbonyl (C=O) groups is 2. The first kappa shape index (κ1) is 14.4. The number of aromatic amines is 2. The van der Waals surface area contributed by atoms with E-state index < -0.39 is 11.6 Å². The molecule has 3 heterocycles. The molecule has 1 saturated heterocycles. The number of imide groups is 1. The Kier molecular flexibility index (Phi) is 2.96. The molecular formula is C16H16N6O2. The first-order chi connectivity index (χ1) is 11.5. The summed E-state index contributed by atoms with van der Waals surface area (Å²) in [6, 6.07) is 7.43. The molecule has 1 aliphatic heterocycles. The molecule has 2 aromatic heterocycles. The van der Waals surface area contributed by atoms with E-state index in [9.17, 15) is 9.59 Å². The molecule has 1 fully saturated rings. The first-order valence-corrected chi connectivity index (χ1v) is 7.57. The van der Waals surface area contributed by atoms with Gasteiger partial charge in [-0.25, -0.2) is 9.78 Å². The van der Waals surface area contributed by atoms with Gasteiger partial charge in [-0.05, 0) is 19.9 Å². The van der Waals surface area contributed by atoms with Gasteiger partial charge in [-0.3, -0.25) is 14.8 Å². The minimum absolute atomic E-state index is 0.0590. The normalized spacial score (nSPS) is 16.8. The Morgan fingerprint density at radius 3 is 2.75 bits per heavy atom. The van der Waals surface area contributed by atoms with E-state index in [-0.39, 0.29) is 12.5 Å². The van der Waals surface area contributed by atoms with Crippen LogP contribution in [0.1, 0.15) is 19.7 Å². The van der Waals surface area contributed by atoms with Crippen LogP contribution >= 0.6 is 0 Å². The van der Waals surface area contributed by atoms with Crippen LogP contribution in [0.3, 0.4) is 0 Å². The topological polar surface area (TPSA) is 107 Å². The van der Waals surface area contributed by atoms with Crippen molar-refractivity contribution >= 4 is 22.8 Å². The van der Waals surface area contributed by atoms with Crippen LogP contribution in [0.25, 0.3) is 22.3 Å². The Hall–Kier alpha value is -3.16. The molecule has 8 heteroatoms. The number of H-pyrrole nitrogens is 2. The Balaban J connectivity index is 1.62. The lowest BCUT2D eigenvalue weighted by atomic mass is 10.1. The molecular weight excluding hydrogens is 308 g/mol. The van der Waals surface area contributed by atoms with E-state index in [1.54, 1.807) is 13.8 Å². The number of rotatable bonds is 3. The predicted octanol–water partition coefficient (Wildman–Crippen LogP) is 1.78. The van der Waals surface area contributed by atoms with E-state index >= 15 is 0 Å². The highest BCUT2D eigenvalue weighted by atomic mass is 16.2. The molecule has 24 heavy (non-hydrogen) atoms. The highest BCUT2D eigenvalue weighted by Gasteiger charge is 2.44. The molecule has 4 rings (SSSR count). The molecule has 0 unspecified atom stereocenters. The van der Waals surface area contributed by atoms with Gasteiger partial charge in [0, 0.05) is 22.7 Å². The van der Waals surface area contributed by atoms with Crippen molar-refractivity contribution < 1.29 is 9.59 Å². The molecule has 122 valence electrons. The molecule has 3 aromatic rings. The smallest absolute Gasteiger partial charge is 0.325 e. The number of nitrogens with zero attached hydrogens (tertiary/aromatic N) is 3. The molecule has 3 N–H and O–H groups in total. The van der Waals surface area contributed by atoms with Gasteiger partial charge in [0.05, 0.1) is 6.54 Å². The monoisotopic (exact) mass is 324 g/mol. The maximum absolute atomic E-state index is 12.2. The lowest BCUT2D eigenvalue weighted by Crippen LogP contribution is -2.40. The fourth-order valence-electron chi connectivity index (χ4n) is 2.85. The fourth-order valence-corrected chi connectivity index (χ4v) is 2.85. The zero-order valence-corrected chi connectivity index (χ0v) is 13.3. The van der Waals surface area contributed by atoms with Crippen molar-refractivity contribution in [1.82, 2.24) is 30.4 Å². The molecule has 0 aliphatic carbocycles. The van der Waals surface area contributed by atoms with Gasteiger partial charge in [0.25, 0.3) is 5.91 Å². The van der Waals surface area contributed by atoms with Gasteiger partial charge < -0.3 is 10.3 Å². The molecule has 0 saturated carbocycles. The summed E-state index contributed by atoms with van der Waals surface area (Å²) in [4.78, 5) is 32.9. The van der Waals surface area contributed by atoms with Crippen LogP contribution in [0.4, 0.5) is 4.79 Å². The molecule has 8 nitrogen and oxygen atoms in total. The third-order valence-corrected chi connectivity index (χ3v) is 4.11. The Labute approximate surface area is 137 Å². The molecule has 1 aliphatic rings. The minimum atomic E-state index is -0.892. The summed E-state index contributed by atoms with van der Waals surface area (Å²) in [7, 11) is 0. The van der Waals surface area contributed by atoms with Crippen LogP contribution in [-0.2, 0) is 11.3 Å². The number of amides is 3. The number of aromatic nitrogens is 4. The van der Waals surface area contributed by atoms with Crippen molar-refractivity contribution in [3.8, 4) is 11.4 Å². The highest BCUT2D eigenvalue weighted by Crippen LogP contribution is 2.26. The predicted molar refractivity (Wildman–Crippen MR) is 86.8 cm³/mol. The van der Waals surface area contributed by atoms with Crippen LogP contribution in [-0.4, -0.2) is 42.5 Å². The van der Waals surface area contributed by atoms with Gasteiger partial charge in [0.2, 0.25) is 0 Å². The van der Waals surface area contributed by atoms with Crippen LogP contribution in [0.5, 0.6) is 0 Å². The summed E-state index contributed by atoms with van der Waals surface area (Å²) in [5.74, 6) is 0.697. The van der Waals surface area contributed by atoms with Gasteiger partial charge in [-0.2, -0.15) is 5.10 Å². The van der Waals surface area contributed by atoms with Crippen molar-refractivity contribution in [2.45, 2.75) is 25.9 Å². The number of para-hydroxylation sites is 1. The van der Waals surface area contributed by atoms with Crippen molar-refractivity contribution in [2.24, 2.45) is 0 Å². The van der Waals surface area contributed by atoms with Crippen molar-refractivity contribution in [1.29, 1.82) is 0 Å². The summed E-state index contributed by atoms with van der Waals surface area (Å²) in [6.45, 7) is 3.40. The summed E-state index contributed by atoms with van der Waals surface area (Å²) < 4.78 is 0. The van der Waals surface area contributed by atoms with Crippen LogP contribution in [0, 0.1) is 0 Å². The molecule has 0 atom stereocenters. The van der Waals surface area contributed by atoms with Gasteiger partial charge >= 0.3 is 6.03 Å². The molecule has 0 radical (unpaired) electrons. The zero-order valence-electron chi connectivity index (χ0n) is 13.3. The van der Waals surface area contributed by atoms with Crippen LogP contribution < -0.4 is 5.32 Å².